The number of pyridine rings is 1. The zero-order chi connectivity index (χ0) is 8.27. The van der Waals surface area contributed by atoms with Crippen LogP contribution in [0.3, 0.4) is 0 Å². The molecule has 0 fully saturated rings. The van der Waals surface area contributed by atoms with Crippen LogP contribution in [0.4, 0.5) is 0 Å². The van der Waals surface area contributed by atoms with Crippen molar-refractivity contribution in [3.63, 3.8) is 0 Å². The van der Waals surface area contributed by atoms with Gasteiger partial charge in [-0.1, -0.05) is 27.5 Å². The fraction of sp³-hybridized carbons (Fsp3) is 0.143. The molecule has 0 amide bonds. The molecule has 0 aromatic carbocycles. The number of carbonyl (C=O) groups excluding carboxylic acids is 1. The minimum atomic E-state index is -0.0139. The SMILES string of the molecule is Br.O=C(CBr)c1cncc(Cl)c1. The molecule has 5 heteroatoms. The summed E-state index contributed by atoms with van der Waals surface area (Å²) in [5.74, 6) is -0.0139. The van der Waals surface area contributed by atoms with Crippen LogP contribution in [-0.2, 0) is 0 Å². The van der Waals surface area contributed by atoms with Crippen molar-refractivity contribution < 1.29 is 4.79 Å². The molecule has 0 N–H and O–H groups in total. The molecule has 1 heterocycles. The van der Waals surface area contributed by atoms with Gasteiger partial charge in [-0.25, -0.2) is 0 Å². The standard InChI is InChI=1S/C7H5BrClNO.BrH/c8-2-7(11)5-1-6(9)4-10-3-5;/h1,3-4H,2H2;1H. The number of hydrogen-bond donors (Lipinski definition) is 0. The average Bonchev–Trinajstić information content (AvgIpc) is 2.03. The Balaban J connectivity index is 0.00000121. The summed E-state index contributed by atoms with van der Waals surface area (Å²) in [4.78, 5) is 14.8. The van der Waals surface area contributed by atoms with Gasteiger partial charge in [-0.3, -0.25) is 9.78 Å². The molecule has 0 spiro atoms. The van der Waals surface area contributed by atoms with Gasteiger partial charge in [0, 0.05) is 18.0 Å². The molecule has 0 unspecified atom stereocenters. The van der Waals surface area contributed by atoms with Crippen molar-refractivity contribution in [2.45, 2.75) is 0 Å². The first-order valence-electron chi connectivity index (χ1n) is 2.94. The quantitative estimate of drug-likeness (QED) is 0.620. The van der Waals surface area contributed by atoms with Crippen LogP contribution in [0, 0.1) is 0 Å². The normalized spacial score (nSPS) is 8.83. The maximum absolute atomic E-state index is 11.0. The minimum absolute atomic E-state index is 0. The van der Waals surface area contributed by atoms with E-state index in [1.54, 1.807) is 6.07 Å². The van der Waals surface area contributed by atoms with Gasteiger partial charge in [0.25, 0.3) is 0 Å². The third kappa shape index (κ3) is 3.21. The van der Waals surface area contributed by atoms with Crippen molar-refractivity contribution in [3.05, 3.63) is 29.0 Å². The second-order valence-electron chi connectivity index (χ2n) is 1.95. The Hall–Kier alpha value is 0.0700. The molecule has 0 atom stereocenters. The molecule has 1 rings (SSSR count). The van der Waals surface area contributed by atoms with Gasteiger partial charge in [-0.05, 0) is 6.07 Å². The van der Waals surface area contributed by atoms with Gasteiger partial charge in [-0.2, -0.15) is 0 Å². The van der Waals surface area contributed by atoms with Gasteiger partial charge >= 0.3 is 0 Å². The lowest BCUT2D eigenvalue weighted by Crippen LogP contribution is -1.99. The predicted octanol–water partition coefficient (Wildman–Crippen LogP) is 2.89. The number of aromatic nitrogens is 1. The highest BCUT2D eigenvalue weighted by Gasteiger charge is 2.03. The smallest absolute Gasteiger partial charge is 0.174 e. The lowest BCUT2D eigenvalue weighted by atomic mass is 10.2. The molecular weight excluding hydrogens is 309 g/mol. The van der Waals surface area contributed by atoms with Crippen LogP contribution in [-0.4, -0.2) is 16.1 Å². The van der Waals surface area contributed by atoms with Crippen molar-refractivity contribution in [2.24, 2.45) is 0 Å². The minimum Gasteiger partial charge on any atom is -0.293 e. The average molecular weight is 315 g/mol. The molecule has 0 saturated heterocycles. The largest absolute Gasteiger partial charge is 0.293 e. The molecule has 2 nitrogen and oxygen atoms in total. The summed E-state index contributed by atoms with van der Waals surface area (Å²) in [6, 6.07) is 1.60. The first kappa shape index (κ1) is 12.1. The molecule has 0 aliphatic rings. The second kappa shape index (κ2) is 5.67. The summed E-state index contributed by atoms with van der Waals surface area (Å²) >= 11 is 8.67. The number of rotatable bonds is 2. The third-order valence-corrected chi connectivity index (χ3v) is 1.86. The number of ketones is 1. The Morgan fingerprint density at radius 2 is 2.25 bits per heavy atom. The first-order chi connectivity index (χ1) is 5.24. The van der Waals surface area contributed by atoms with Crippen LogP contribution in [0.25, 0.3) is 0 Å². The second-order valence-corrected chi connectivity index (χ2v) is 2.95. The molecule has 12 heavy (non-hydrogen) atoms. The summed E-state index contributed by atoms with van der Waals surface area (Å²) in [5, 5.41) is 0.784. The van der Waals surface area contributed by atoms with E-state index in [0.717, 1.165) is 0 Å². The van der Waals surface area contributed by atoms with Crippen LogP contribution < -0.4 is 0 Å². The monoisotopic (exact) mass is 313 g/mol. The Morgan fingerprint density at radius 3 is 2.75 bits per heavy atom. The van der Waals surface area contributed by atoms with E-state index in [0.29, 0.717) is 15.9 Å². The summed E-state index contributed by atoms with van der Waals surface area (Å²) in [7, 11) is 0. The van der Waals surface area contributed by atoms with Crippen molar-refractivity contribution in [1.82, 2.24) is 4.98 Å². The zero-order valence-electron chi connectivity index (χ0n) is 5.96. The van der Waals surface area contributed by atoms with Gasteiger partial charge in [0.05, 0.1) is 10.4 Å². The van der Waals surface area contributed by atoms with Gasteiger partial charge in [0.2, 0.25) is 0 Å². The van der Waals surface area contributed by atoms with Gasteiger partial charge in [-0.15, -0.1) is 17.0 Å². The molecule has 0 saturated carbocycles. The lowest BCUT2D eigenvalue weighted by Gasteiger charge is -1.94. The number of hydrogen-bond acceptors (Lipinski definition) is 2. The fourth-order valence-corrected chi connectivity index (χ4v) is 1.14. The predicted molar refractivity (Wildman–Crippen MR) is 57.7 cm³/mol. The highest BCUT2D eigenvalue weighted by molar-refractivity contribution is 9.09. The highest BCUT2D eigenvalue weighted by atomic mass is 79.9. The van der Waals surface area contributed by atoms with E-state index >= 15 is 0 Å². The first-order valence-corrected chi connectivity index (χ1v) is 4.43. The Morgan fingerprint density at radius 1 is 1.58 bits per heavy atom. The van der Waals surface area contributed by atoms with E-state index in [9.17, 15) is 4.79 Å². The van der Waals surface area contributed by atoms with E-state index in [1.807, 2.05) is 0 Å². The number of nitrogens with zero attached hydrogens (tertiary/aromatic N) is 1. The Bertz CT molecular complexity index is 280. The van der Waals surface area contributed by atoms with Gasteiger partial charge < -0.3 is 0 Å². The van der Waals surface area contributed by atoms with Crippen LogP contribution in [0.1, 0.15) is 10.4 Å². The van der Waals surface area contributed by atoms with Crippen LogP contribution >= 0.6 is 44.5 Å². The summed E-state index contributed by atoms with van der Waals surface area (Å²) in [5.41, 5.74) is 0.536. The number of Topliss-reactive ketones (excluding diaryl/α,β-unsaturated/α-hetero) is 1. The van der Waals surface area contributed by atoms with E-state index in [-0.39, 0.29) is 22.8 Å². The van der Waals surface area contributed by atoms with E-state index in [4.69, 9.17) is 11.6 Å². The molecular formula is C7H6Br2ClNO. The maximum Gasteiger partial charge on any atom is 0.174 e. The van der Waals surface area contributed by atoms with Gasteiger partial charge in [0.1, 0.15) is 0 Å². The number of halogens is 3. The summed E-state index contributed by atoms with van der Waals surface area (Å²) in [6.45, 7) is 0. The molecule has 66 valence electrons. The van der Waals surface area contributed by atoms with Gasteiger partial charge in [0.15, 0.2) is 5.78 Å². The number of alkyl halides is 1. The van der Waals surface area contributed by atoms with Crippen molar-refractivity contribution >= 4 is 50.3 Å². The zero-order valence-corrected chi connectivity index (χ0v) is 10.0. The Labute approximate surface area is 94.2 Å². The molecule has 1 aromatic rings. The number of carbonyl (C=O) groups is 1. The fourth-order valence-electron chi connectivity index (χ4n) is 0.642. The summed E-state index contributed by atoms with van der Waals surface area (Å²) in [6.07, 6.45) is 2.99. The molecule has 0 aliphatic carbocycles. The molecule has 0 bridgehead atoms. The van der Waals surface area contributed by atoms with Crippen molar-refractivity contribution in [3.8, 4) is 0 Å². The lowest BCUT2D eigenvalue weighted by molar-refractivity contribution is 0.102. The molecule has 0 aliphatic heterocycles. The third-order valence-electron chi connectivity index (χ3n) is 1.15. The molecule has 0 radical (unpaired) electrons. The van der Waals surface area contributed by atoms with Crippen LogP contribution in [0.15, 0.2) is 18.5 Å². The summed E-state index contributed by atoms with van der Waals surface area (Å²) < 4.78 is 0. The van der Waals surface area contributed by atoms with Crippen LogP contribution in [0.5, 0.6) is 0 Å². The van der Waals surface area contributed by atoms with E-state index < -0.39 is 0 Å². The maximum atomic E-state index is 11.0. The topological polar surface area (TPSA) is 30.0 Å². The highest BCUT2D eigenvalue weighted by Crippen LogP contribution is 2.09. The molecule has 1 aromatic heterocycles. The van der Waals surface area contributed by atoms with Crippen LogP contribution in [0.2, 0.25) is 5.02 Å². The van der Waals surface area contributed by atoms with E-state index in [1.165, 1.54) is 12.4 Å². The van der Waals surface area contributed by atoms with Crippen molar-refractivity contribution in [1.29, 1.82) is 0 Å². The van der Waals surface area contributed by atoms with Crippen molar-refractivity contribution in [2.75, 3.05) is 5.33 Å². The van der Waals surface area contributed by atoms with E-state index in [2.05, 4.69) is 20.9 Å². The Kier molecular flexibility index (Phi) is 5.70.